The van der Waals surface area contributed by atoms with Gasteiger partial charge in [-0.25, -0.2) is 0 Å². The predicted octanol–water partition coefficient (Wildman–Crippen LogP) is 2.74. The van der Waals surface area contributed by atoms with Crippen molar-refractivity contribution < 1.29 is 4.79 Å². The predicted molar refractivity (Wildman–Crippen MR) is 80.3 cm³/mol. The second-order valence-electron chi connectivity index (χ2n) is 6.05. The molecule has 0 aromatic heterocycles. The highest BCUT2D eigenvalue weighted by Crippen LogP contribution is 2.32. The Balaban J connectivity index is 1.58. The lowest BCUT2D eigenvalue weighted by atomic mass is 10.0. The van der Waals surface area contributed by atoms with Gasteiger partial charge >= 0.3 is 0 Å². The zero-order valence-electron chi connectivity index (χ0n) is 12.1. The summed E-state index contributed by atoms with van der Waals surface area (Å²) < 4.78 is 0. The van der Waals surface area contributed by atoms with Crippen LogP contribution in [0.3, 0.4) is 0 Å². The summed E-state index contributed by atoms with van der Waals surface area (Å²) in [5, 5.41) is 3.38. The van der Waals surface area contributed by atoms with E-state index in [1.807, 2.05) is 6.07 Å². The Morgan fingerprint density at radius 3 is 2.85 bits per heavy atom. The van der Waals surface area contributed by atoms with Crippen LogP contribution in [0.15, 0.2) is 30.3 Å². The lowest BCUT2D eigenvalue weighted by Crippen LogP contribution is -2.30. The third-order valence-corrected chi connectivity index (χ3v) is 4.69. The fourth-order valence-electron chi connectivity index (χ4n) is 3.52. The number of carbonyl (C=O) groups is 1. The van der Waals surface area contributed by atoms with E-state index >= 15 is 0 Å². The van der Waals surface area contributed by atoms with Crippen LogP contribution >= 0.6 is 0 Å². The quantitative estimate of drug-likeness (QED) is 0.914. The maximum atomic E-state index is 12.5. The molecule has 2 aliphatic rings. The van der Waals surface area contributed by atoms with Gasteiger partial charge in [0.15, 0.2) is 0 Å². The highest BCUT2D eigenvalue weighted by atomic mass is 16.2. The summed E-state index contributed by atoms with van der Waals surface area (Å²) in [6, 6.07) is 10.8. The summed E-state index contributed by atoms with van der Waals surface area (Å²) in [7, 11) is 0. The topological polar surface area (TPSA) is 32.3 Å². The minimum atomic E-state index is 0.311. The average Bonchev–Trinajstić information content (AvgIpc) is 3.17. The first-order chi connectivity index (χ1) is 9.84. The van der Waals surface area contributed by atoms with Gasteiger partial charge in [-0.05, 0) is 50.3 Å². The molecule has 0 radical (unpaired) electrons. The van der Waals surface area contributed by atoms with Gasteiger partial charge in [-0.3, -0.25) is 4.79 Å². The van der Waals surface area contributed by atoms with Gasteiger partial charge in [0.1, 0.15) is 0 Å². The Morgan fingerprint density at radius 1 is 1.25 bits per heavy atom. The van der Waals surface area contributed by atoms with Crippen LogP contribution in [0.1, 0.15) is 43.7 Å². The normalized spacial score (nSPS) is 26.1. The molecule has 2 fully saturated rings. The number of hydrogen-bond donors (Lipinski definition) is 1. The average molecular weight is 272 g/mol. The summed E-state index contributed by atoms with van der Waals surface area (Å²) >= 11 is 0. The van der Waals surface area contributed by atoms with E-state index in [-0.39, 0.29) is 0 Å². The van der Waals surface area contributed by atoms with Gasteiger partial charge in [0.2, 0.25) is 5.91 Å². The van der Waals surface area contributed by atoms with E-state index in [4.69, 9.17) is 0 Å². The monoisotopic (exact) mass is 272 g/mol. The van der Waals surface area contributed by atoms with Crippen LogP contribution in [0.5, 0.6) is 0 Å². The molecular formula is C17H24N2O. The number of amides is 1. The summed E-state index contributed by atoms with van der Waals surface area (Å²) in [6.45, 7) is 3.14. The molecule has 3 nitrogen and oxygen atoms in total. The summed E-state index contributed by atoms with van der Waals surface area (Å²) in [4.78, 5) is 14.6. The number of hydrogen-bond acceptors (Lipinski definition) is 2. The van der Waals surface area contributed by atoms with Gasteiger partial charge in [0.25, 0.3) is 0 Å². The molecule has 0 bridgehead atoms. The summed E-state index contributed by atoms with van der Waals surface area (Å²) in [5.74, 6) is 1.06. The van der Waals surface area contributed by atoms with Crippen LogP contribution in [-0.2, 0) is 4.79 Å². The molecule has 3 rings (SSSR count). The number of nitrogens with one attached hydrogen (secondary N) is 1. The molecule has 1 N–H and O–H groups in total. The van der Waals surface area contributed by atoms with Crippen molar-refractivity contribution in [1.29, 1.82) is 0 Å². The number of benzene rings is 1. The molecule has 2 unspecified atom stereocenters. The lowest BCUT2D eigenvalue weighted by molar-refractivity contribution is -0.132. The van der Waals surface area contributed by atoms with E-state index in [9.17, 15) is 4.79 Å². The fraction of sp³-hybridized carbons (Fsp3) is 0.588. The Hall–Kier alpha value is -1.35. The Kier molecular flexibility index (Phi) is 4.36. The molecule has 1 amide bonds. The second kappa shape index (κ2) is 6.40. The molecule has 108 valence electrons. The second-order valence-corrected chi connectivity index (χ2v) is 6.05. The molecule has 2 aliphatic heterocycles. The first-order valence-corrected chi connectivity index (χ1v) is 7.90. The minimum absolute atomic E-state index is 0.311. The van der Waals surface area contributed by atoms with E-state index in [0.29, 0.717) is 17.9 Å². The van der Waals surface area contributed by atoms with Gasteiger partial charge in [-0.1, -0.05) is 30.3 Å². The smallest absolute Gasteiger partial charge is 0.223 e. The first-order valence-electron chi connectivity index (χ1n) is 7.90. The van der Waals surface area contributed by atoms with Crippen molar-refractivity contribution in [3.63, 3.8) is 0 Å². The molecule has 2 atom stereocenters. The molecule has 0 spiro atoms. The lowest BCUT2D eigenvalue weighted by Gasteiger charge is -2.25. The van der Waals surface area contributed by atoms with Crippen LogP contribution in [0.2, 0.25) is 0 Å². The highest BCUT2D eigenvalue weighted by molar-refractivity contribution is 5.77. The molecular weight excluding hydrogens is 248 g/mol. The third-order valence-electron chi connectivity index (χ3n) is 4.69. The fourth-order valence-corrected chi connectivity index (χ4v) is 3.52. The number of rotatable bonds is 4. The van der Waals surface area contributed by atoms with Gasteiger partial charge < -0.3 is 10.2 Å². The molecule has 3 heteroatoms. The van der Waals surface area contributed by atoms with Gasteiger partial charge in [-0.15, -0.1) is 0 Å². The zero-order chi connectivity index (χ0) is 13.8. The van der Waals surface area contributed by atoms with Gasteiger partial charge in [-0.2, -0.15) is 0 Å². The number of likely N-dealkylation sites (tertiary alicyclic amines) is 1. The molecule has 0 saturated carbocycles. The zero-order valence-corrected chi connectivity index (χ0v) is 12.1. The van der Waals surface area contributed by atoms with Crippen LogP contribution in [0, 0.1) is 5.92 Å². The Morgan fingerprint density at radius 2 is 2.10 bits per heavy atom. The third kappa shape index (κ3) is 3.04. The van der Waals surface area contributed by atoms with E-state index < -0.39 is 0 Å². The van der Waals surface area contributed by atoms with Crippen LogP contribution in [0.25, 0.3) is 0 Å². The largest absolute Gasteiger partial charge is 0.336 e. The van der Waals surface area contributed by atoms with Gasteiger partial charge in [0, 0.05) is 13.0 Å². The molecule has 2 saturated heterocycles. The first kappa shape index (κ1) is 13.6. The van der Waals surface area contributed by atoms with E-state index in [1.54, 1.807) is 0 Å². The molecule has 20 heavy (non-hydrogen) atoms. The number of carbonyl (C=O) groups excluding carboxylic acids is 1. The summed E-state index contributed by atoms with van der Waals surface area (Å²) in [6.07, 6.45) is 5.24. The van der Waals surface area contributed by atoms with E-state index in [0.717, 1.165) is 45.3 Å². The molecule has 2 heterocycles. The van der Waals surface area contributed by atoms with Crippen molar-refractivity contribution in [2.75, 3.05) is 19.6 Å². The SMILES string of the molecule is O=C(CCC1CCNC1)N1CCCC1c1ccccc1. The van der Waals surface area contributed by atoms with Gasteiger partial charge in [0.05, 0.1) is 6.04 Å². The Bertz CT molecular complexity index is 440. The molecule has 0 aliphatic carbocycles. The minimum Gasteiger partial charge on any atom is -0.336 e. The van der Waals surface area contributed by atoms with E-state index in [1.165, 1.54) is 12.0 Å². The van der Waals surface area contributed by atoms with Crippen molar-refractivity contribution in [2.45, 2.75) is 38.1 Å². The van der Waals surface area contributed by atoms with Crippen molar-refractivity contribution in [1.82, 2.24) is 10.2 Å². The van der Waals surface area contributed by atoms with Crippen molar-refractivity contribution in [3.8, 4) is 0 Å². The van der Waals surface area contributed by atoms with Crippen LogP contribution in [-0.4, -0.2) is 30.4 Å². The van der Waals surface area contributed by atoms with Crippen LogP contribution in [0.4, 0.5) is 0 Å². The summed E-state index contributed by atoms with van der Waals surface area (Å²) in [5.41, 5.74) is 1.29. The highest BCUT2D eigenvalue weighted by Gasteiger charge is 2.29. The van der Waals surface area contributed by atoms with Crippen molar-refractivity contribution in [3.05, 3.63) is 35.9 Å². The number of nitrogens with zero attached hydrogens (tertiary/aromatic N) is 1. The molecule has 1 aromatic rings. The maximum absolute atomic E-state index is 12.5. The van der Waals surface area contributed by atoms with Crippen LogP contribution < -0.4 is 5.32 Å². The van der Waals surface area contributed by atoms with E-state index in [2.05, 4.69) is 34.5 Å². The van der Waals surface area contributed by atoms with Crippen molar-refractivity contribution >= 4 is 5.91 Å². The van der Waals surface area contributed by atoms with Crippen molar-refractivity contribution in [2.24, 2.45) is 5.92 Å². The molecule has 1 aromatic carbocycles. The standard InChI is InChI=1S/C17H24N2O/c20-17(9-8-14-10-11-18-13-14)19-12-4-7-16(19)15-5-2-1-3-6-15/h1-3,5-6,14,16,18H,4,7-13H2. The maximum Gasteiger partial charge on any atom is 0.223 e. The Labute approximate surface area is 121 Å².